The summed E-state index contributed by atoms with van der Waals surface area (Å²) in [6.07, 6.45) is 0.464. The molecule has 2 rings (SSSR count). The second-order valence-corrected chi connectivity index (χ2v) is 8.98. The molecule has 0 aliphatic carbocycles. The Hall–Kier alpha value is -1.53. The molecule has 0 unspecified atom stereocenters. The maximum absolute atomic E-state index is 12.0. The number of carbonyl (C=O) groups excluding carboxylic acids is 1. The molecular formula is C20H32BNO4. The van der Waals surface area contributed by atoms with Crippen LogP contribution in [-0.4, -0.2) is 48.5 Å². The lowest BCUT2D eigenvalue weighted by Crippen LogP contribution is -2.41. The molecule has 0 saturated carbocycles. The van der Waals surface area contributed by atoms with Gasteiger partial charge in [-0.1, -0.05) is 24.3 Å². The summed E-state index contributed by atoms with van der Waals surface area (Å²) in [5, 5.41) is 0. The van der Waals surface area contributed by atoms with Crippen LogP contribution in [0.1, 0.15) is 54.0 Å². The largest absolute Gasteiger partial charge is 0.494 e. The predicted molar refractivity (Wildman–Crippen MR) is 105 cm³/mol. The highest BCUT2D eigenvalue weighted by molar-refractivity contribution is 6.62. The number of nitrogens with zero attached hydrogens (tertiary/aromatic N) is 1. The standard InChI is InChI=1S/C20H32BNO4/c1-18(2,3)24-17(23)22(8)14-13-15-9-11-16(12-10-15)21-25-19(4,5)20(6,7)26-21/h9-12H,13-14H2,1-8H3. The Labute approximate surface area is 158 Å². The Kier molecular flexibility index (Phi) is 5.79. The summed E-state index contributed by atoms with van der Waals surface area (Å²) >= 11 is 0. The van der Waals surface area contributed by atoms with Gasteiger partial charge in [-0.15, -0.1) is 0 Å². The zero-order valence-electron chi connectivity index (χ0n) is 17.4. The number of hydrogen-bond acceptors (Lipinski definition) is 4. The second kappa shape index (κ2) is 7.24. The Balaban J connectivity index is 1.91. The van der Waals surface area contributed by atoms with Gasteiger partial charge >= 0.3 is 13.2 Å². The van der Waals surface area contributed by atoms with Gasteiger partial charge in [0, 0.05) is 13.6 Å². The van der Waals surface area contributed by atoms with Crippen LogP contribution in [0.2, 0.25) is 0 Å². The summed E-state index contributed by atoms with van der Waals surface area (Å²) in [6, 6.07) is 8.18. The fourth-order valence-corrected chi connectivity index (χ4v) is 2.55. The first-order valence-electron chi connectivity index (χ1n) is 9.19. The monoisotopic (exact) mass is 361 g/mol. The molecule has 1 aromatic carbocycles. The van der Waals surface area contributed by atoms with Gasteiger partial charge in [0.25, 0.3) is 0 Å². The fourth-order valence-electron chi connectivity index (χ4n) is 2.55. The number of likely N-dealkylation sites (N-methyl/N-ethyl adjacent to an activating group) is 1. The Bertz CT molecular complexity index is 618. The summed E-state index contributed by atoms with van der Waals surface area (Å²) in [6.45, 7) is 14.4. The van der Waals surface area contributed by atoms with Crippen molar-refractivity contribution in [2.24, 2.45) is 0 Å². The highest BCUT2D eigenvalue weighted by Gasteiger charge is 2.51. The normalized spacial score (nSPS) is 18.7. The van der Waals surface area contributed by atoms with E-state index in [0.29, 0.717) is 6.54 Å². The van der Waals surface area contributed by atoms with E-state index in [-0.39, 0.29) is 24.4 Å². The minimum atomic E-state index is -0.476. The van der Waals surface area contributed by atoms with E-state index in [1.54, 1.807) is 11.9 Å². The molecular weight excluding hydrogens is 329 g/mol. The van der Waals surface area contributed by atoms with E-state index in [4.69, 9.17) is 14.0 Å². The van der Waals surface area contributed by atoms with Crippen molar-refractivity contribution < 1.29 is 18.8 Å². The number of hydrogen-bond donors (Lipinski definition) is 0. The van der Waals surface area contributed by atoms with E-state index in [1.165, 1.54) is 0 Å². The van der Waals surface area contributed by atoms with Gasteiger partial charge in [0.1, 0.15) is 5.60 Å². The molecule has 0 radical (unpaired) electrons. The van der Waals surface area contributed by atoms with Crippen molar-refractivity contribution in [3.63, 3.8) is 0 Å². The quantitative estimate of drug-likeness (QED) is 0.772. The lowest BCUT2D eigenvalue weighted by atomic mass is 9.79. The van der Waals surface area contributed by atoms with E-state index in [9.17, 15) is 4.79 Å². The molecule has 1 fully saturated rings. The zero-order chi connectivity index (χ0) is 19.8. The Morgan fingerprint density at radius 2 is 1.58 bits per heavy atom. The third-order valence-electron chi connectivity index (χ3n) is 4.95. The molecule has 1 amide bonds. The van der Waals surface area contributed by atoms with E-state index in [1.807, 2.05) is 60.6 Å². The highest BCUT2D eigenvalue weighted by atomic mass is 16.7. The summed E-state index contributed by atoms with van der Waals surface area (Å²) in [5.74, 6) is 0. The molecule has 0 bridgehead atoms. The minimum Gasteiger partial charge on any atom is -0.444 e. The summed E-state index contributed by atoms with van der Waals surface area (Å²) in [7, 11) is 1.41. The van der Waals surface area contributed by atoms with Crippen LogP contribution in [0.4, 0.5) is 4.79 Å². The van der Waals surface area contributed by atoms with Gasteiger partial charge in [-0.25, -0.2) is 4.79 Å². The molecule has 1 saturated heterocycles. The third kappa shape index (κ3) is 5.01. The first-order chi connectivity index (χ1) is 11.8. The first-order valence-corrected chi connectivity index (χ1v) is 9.19. The van der Waals surface area contributed by atoms with Gasteiger partial charge in [-0.05, 0) is 65.9 Å². The van der Waals surface area contributed by atoms with Crippen LogP contribution in [0.25, 0.3) is 0 Å². The van der Waals surface area contributed by atoms with E-state index in [2.05, 4.69) is 12.1 Å². The highest BCUT2D eigenvalue weighted by Crippen LogP contribution is 2.36. The molecule has 1 aliphatic rings. The van der Waals surface area contributed by atoms with Crippen molar-refractivity contribution in [3.8, 4) is 0 Å². The molecule has 1 heterocycles. The van der Waals surface area contributed by atoms with Crippen molar-refractivity contribution >= 4 is 18.7 Å². The summed E-state index contributed by atoms with van der Waals surface area (Å²) < 4.78 is 17.5. The maximum Gasteiger partial charge on any atom is 0.494 e. The van der Waals surface area contributed by atoms with E-state index >= 15 is 0 Å². The first kappa shape index (κ1) is 20.8. The lowest BCUT2D eigenvalue weighted by Gasteiger charge is -2.32. The van der Waals surface area contributed by atoms with Gasteiger partial charge in [-0.3, -0.25) is 0 Å². The fraction of sp³-hybridized carbons (Fsp3) is 0.650. The zero-order valence-corrected chi connectivity index (χ0v) is 17.4. The molecule has 26 heavy (non-hydrogen) atoms. The lowest BCUT2D eigenvalue weighted by molar-refractivity contribution is 0.00578. The van der Waals surface area contributed by atoms with Crippen molar-refractivity contribution in [3.05, 3.63) is 29.8 Å². The summed E-state index contributed by atoms with van der Waals surface area (Å²) in [4.78, 5) is 13.6. The topological polar surface area (TPSA) is 48.0 Å². The van der Waals surface area contributed by atoms with E-state index < -0.39 is 5.60 Å². The number of rotatable bonds is 4. The average Bonchev–Trinajstić information content (AvgIpc) is 2.72. The van der Waals surface area contributed by atoms with Crippen LogP contribution in [0.3, 0.4) is 0 Å². The van der Waals surface area contributed by atoms with Crippen LogP contribution in [0.15, 0.2) is 24.3 Å². The molecule has 5 nitrogen and oxygen atoms in total. The van der Waals surface area contributed by atoms with Crippen LogP contribution in [0.5, 0.6) is 0 Å². The molecule has 6 heteroatoms. The molecule has 144 valence electrons. The second-order valence-electron chi connectivity index (χ2n) is 8.98. The van der Waals surface area contributed by atoms with Crippen molar-refractivity contribution in [2.75, 3.05) is 13.6 Å². The molecule has 0 aromatic heterocycles. The number of benzene rings is 1. The third-order valence-corrected chi connectivity index (χ3v) is 4.95. The molecule has 0 spiro atoms. The van der Waals surface area contributed by atoms with Gasteiger partial charge in [-0.2, -0.15) is 0 Å². The smallest absolute Gasteiger partial charge is 0.444 e. The minimum absolute atomic E-state index is 0.300. The molecule has 1 aromatic rings. The SMILES string of the molecule is CN(CCc1ccc(B2OC(C)(C)C(C)(C)O2)cc1)C(=O)OC(C)(C)C. The molecule has 0 N–H and O–H groups in total. The van der Waals surface area contributed by atoms with E-state index in [0.717, 1.165) is 17.4 Å². The van der Waals surface area contributed by atoms with Crippen LogP contribution >= 0.6 is 0 Å². The number of carbonyl (C=O) groups is 1. The Morgan fingerprint density at radius 1 is 1.08 bits per heavy atom. The average molecular weight is 361 g/mol. The number of ether oxygens (including phenoxy) is 1. The van der Waals surface area contributed by atoms with Crippen molar-refractivity contribution in [1.82, 2.24) is 4.90 Å². The summed E-state index contributed by atoms with van der Waals surface area (Å²) in [5.41, 5.74) is 1.00. The van der Waals surface area contributed by atoms with Crippen molar-refractivity contribution in [1.29, 1.82) is 0 Å². The van der Waals surface area contributed by atoms with Gasteiger partial charge in [0.05, 0.1) is 11.2 Å². The van der Waals surface area contributed by atoms with Crippen LogP contribution in [0, 0.1) is 0 Å². The van der Waals surface area contributed by atoms with Crippen LogP contribution in [-0.2, 0) is 20.5 Å². The maximum atomic E-state index is 12.0. The predicted octanol–water partition coefficient (Wildman–Crippen LogP) is 3.40. The van der Waals surface area contributed by atoms with Crippen LogP contribution < -0.4 is 5.46 Å². The molecule has 0 atom stereocenters. The van der Waals surface area contributed by atoms with Crippen molar-refractivity contribution in [2.45, 2.75) is 71.7 Å². The molecule has 1 aliphatic heterocycles. The van der Waals surface area contributed by atoms with Gasteiger partial charge in [0.2, 0.25) is 0 Å². The van der Waals surface area contributed by atoms with Gasteiger partial charge < -0.3 is 18.9 Å². The number of amides is 1. The Morgan fingerprint density at radius 3 is 2.04 bits per heavy atom. The van der Waals surface area contributed by atoms with Gasteiger partial charge in [0.15, 0.2) is 0 Å².